The quantitative estimate of drug-likeness (QED) is 0.0156. The molecule has 0 bridgehead atoms. The van der Waals surface area contributed by atoms with Crippen LogP contribution in [0.3, 0.4) is 0 Å². The molecule has 0 spiro atoms. The molecule has 1 heterocycles. The smallest absolute Gasteiger partial charge is 0.327 e. The van der Waals surface area contributed by atoms with Gasteiger partial charge in [0, 0.05) is 44.0 Å². The van der Waals surface area contributed by atoms with Gasteiger partial charge in [-0.15, -0.1) is 0 Å². The lowest BCUT2D eigenvalue weighted by atomic mass is 10.0. The van der Waals surface area contributed by atoms with E-state index in [9.17, 15) is 14.7 Å². The van der Waals surface area contributed by atoms with Crippen molar-refractivity contribution in [2.75, 3.05) is 136 Å². The predicted molar refractivity (Wildman–Crippen MR) is 290 cm³/mol. The van der Waals surface area contributed by atoms with Gasteiger partial charge in [0.1, 0.15) is 18.1 Å². The van der Waals surface area contributed by atoms with Crippen molar-refractivity contribution in [3.05, 3.63) is 78.4 Å². The van der Waals surface area contributed by atoms with E-state index in [-0.39, 0.29) is 11.8 Å². The number of anilines is 3. The first-order valence-electron chi connectivity index (χ1n) is 27.6. The summed E-state index contributed by atoms with van der Waals surface area (Å²) in [6, 6.07) is 21.9. The number of likely N-dealkylation sites (tertiary alicyclic amines) is 1. The van der Waals surface area contributed by atoms with Crippen LogP contribution in [0.5, 0.6) is 11.5 Å². The molecule has 1 aliphatic rings. The first-order valence-corrected chi connectivity index (χ1v) is 27.6. The molecule has 74 heavy (non-hydrogen) atoms. The van der Waals surface area contributed by atoms with E-state index in [1.54, 1.807) is 6.07 Å². The number of nitrogens with one attached hydrogen (secondary N) is 4. The Labute approximate surface area is 442 Å². The Morgan fingerprint density at radius 2 is 1.00 bits per heavy atom. The molecule has 1 fully saturated rings. The molecule has 3 aromatic carbocycles. The van der Waals surface area contributed by atoms with Gasteiger partial charge < -0.3 is 58.4 Å². The minimum Gasteiger partial charge on any atom is -0.508 e. The van der Waals surface area contributed by atoms with Crippen LogP contribution in [-0.2, 0) is 54.0 Å². The summed E-state index contributed by atoms with van der Waals surface area (Å²) in [7, 11) is 0. The fourth-order valence-electron chi connectivity index (χ4n) is 8.16. The number of ether oxygens (including phenoxy) is 9. The molecule has 1 atom stereocenters. The number of carbonyl (C=O) groups excluding carboxylic acids is 2. The van der Waals surface area contributed by atoms with E-state index in [1.807, 2.05) is 42.5 Å². The Kier molecular flexibility index (Phi) is 35.7. The number of carbonyl (C=O) groups is 2. The fourth-order valence-corrected chi connectivity index (χ4v) is 8.16. The molecule has 0 aliphatic carbocycles. The average molecular weight is 1040 g/mol. The topological polar surface area (TPSA) is 189 Å². The van der Waals surface area contributed by atoms with Crippen molar-refractivity contribution in [3.8, 4) is 11.5 Å². The summed E-state index contributed by atoms with van der Waals surface area (Å²) in [4.78, 5) is 27.6. The second kappa shape index (κ2) is 42.6. The molecule has 1 unspecified atom stereocenters. The Morgan fingerprint density at radius 1 is 0.527 bits per heavy atom. The molecule has 3 aromatic rings. The SMILES string of the molecule is CCCCCCCCCCCCCCCCOCCOCCOCCOCCOCCOCCOCCOCCOc1ccc(Nc2cc(O)ccc2NNC(=O)C(=O)NC2CCN(Cc3ccccc3)C2)cc1. The Morgan fingerprint density at radius 3 is 1.51 bits per heavy atom. The average Bonchev–Trinajstić information content (AvgIpc) is 3.85. The van der Waals surface area contributed by atoms with Crippen molar-refractivity contribution in [2.45, 2.75) is 116 Å². The van der Waals surface area contributed by atoms with E-state index in [4.69, 9.17) is 42.6 Å². The molecule has 0 radical (unpaired) electrons. The molecular formula is C57H91N5O12. The number of amides is 2. The summed E-state index contributed by atoms with van der Waals surface area (Å²) in [6.07, 6.45) is 19.9. The van der Waals surface area contributed by atoms with Crippen LogP contribution in [0.1, 0.15) is 109 Å². The largest absolute Gasteiger partial charge is 0.508 e. The van der Waals surface area contributed by atoms with Crippen molar-refractivity contribution in [1.82, 2.24) is 15.6 Å². The highest BCUT2D eigenvalue weighted by Crippen LogP contribution is 2.30. The minimum atomic E-state index is -0.818. The second-order valence-corrected chi connectivity index (χ2v) is 18.5. The summed E-state index contributed by atoms with van der Waals surface area (Å²) in [6.45, 7) is 13.3. The van der Waals surface area contributed by atoms with Gasteiger partial charge in [-0.25, -0.2) is 0 Å². The van der Waals surface area contributed by atoms with Crippen LogP contribution in [0.4, 0.5) is 17.1 Å². The molecule has 0 aromatic heterocycles. The van der Waals surface area contributed by atoms with Crippen molar-refractivity contribution in [3.63, 3.8) is 0 Å². The molecule has 17 heteroatoms. The zero-order valence-corrected chi connectivity index (χ0v) is 44.6. The van der Waals surface area contributed by atoms with Crippen molar-refractivity contribution < 1.29 is 57.3 Å². The lowest BCUT2D eigenvalue weighted by Gasteiger charge is -2.17. The van der Waals surface area contributed by atoms with Crippen LogP contribution in [0.25, 0.3) is 0 Å². The molecule has 416 valence electrons. The van der Waals surface area contributed by atoms with Crippen molar-refractivity contribution in [1.29, 1.82) is 0 Å². The number of benzene rings is 3. The normalized spacial score (nSPS) is 13.6. The number of hydrogen-bond acceptors (Lipinski definition) is 15. The van der Waals surface area contributed by atoms with Gasteiger partial charge in [0.05, 0.1) is 110 Å². The number of phenolic OH excluding ortho intramolecular Hbond substituents is 1. The maximum Gasteiger partial charge on any atom is 0.327 e. The highest BCUT2D eigenvalue weighted by atomic mass is 16.6. The van der Waals surface area contributed by atoms with Crippen molar-refractivity contribution >= 4 is 28.9 Å². The maximum absolute atomic E-state index is 12.7. The molecule has 1 aliphatic heterocycles. The highest BCUT2D eigenvalue weighted by Gasteiger charge is 2.26. The van der Waals surface area contributed by atoms with E-state index in [0.29, 0.717) is 135 Å². The number of hydrogen-bond donors (Lipinski definition) is 5. The van der Waals surface area contributed by atoms with E-state index in [0.717, 1.165) is 32.5 Å². The van der Waals surface area contributed by atoms with Gasteiger partial charge in [0.15, 0.2) is 0 Å². The Balaban J connectivity index is 0.851. The molecule has 4 rings (SSSR count). The third kappa shape index (κ3) is 31.4. The molecule has 0 saturated carbocycles. The number of nitrogens with zero attached hydrogens (tertiary/aromatic N) is 1. The number of unbranched alkanes of at least 4 members (excludes halogenated alkanes) is 13. The van der Waals surface area contributed by atoms with Gasteiger partial charge in [-0.1, -0.05) is 121 Å². The van der Waals surface area contributed by atoms with Crippen LogP contribution in [0.15, 0.2) is 72.8 Å². The summed E-state index contributed by atoms with van der Waals surface area (Å²) >= 11 is 0. The van der Waals surface area contributed by atoms with Gasteiger partial charge in [0.25, 0.3) is 0 Å². The van der Waals surface area contributed by atoms with Gasteiger partial charge in [-0.2, -0.15) is 0 Å². The number of rotatable bonds is 47. The molecule has 5 N–H and O–H groups in total. The van der Waals surface area contributed by atoms with Crippen LogP contribution in [-0.4, -0.2) is 153 Å². The summed E-state index contributed by atoms with van der Waals surface area (Å²) in [5, 5.41) is 16.2. The zero-order valence-electron chi connectivity index (χ0n) is 44.6. The predicted octanol–water partition coefficient (Wildman–Crippen LogP) is 8.96. The number of phenols is 1. The van der Waals surface area contributed by atoms with E-state index in [1.165, 1.54) is 101 Å². The summed E-state index contributed by atoms with van der Waals surface area (Å²) < 4.78 is 50.5. The van der Waals surface area contributed by atoms with E-state index < -0.39 is 11.8 Å². The maximum atomic E-state index is 12.7. The van der Waals surface area contributed by atoms with Gasteiger partial charge in [-0.05, 0) is 54.8 Å². The first kappa shape index (κ1) is 62.0. The van der Waals surface area contributed by atoms with Gasteiger partial charge >= 0.3 is 11.8 Å². The number of hydrazine groups is 1. The minimum absolute atomic E-state index is 0.0262. The van der Waals surface area contributed by atoms with Crippen LogP contribution in [0.2, 0.25) is 0 Å². The van der Waals surface area contributed by atoms with Crippen LogP contribution < -0.4 is 26.2 Å². The van der Waals surface area contributed by atoms with E-state index >= 15 is 0 Å². The van der Waals surface area contributed by atoms with Gasteiger partial charge in [-0.3, -0.25) is 25.3 Å². The highest BCUT2D eigenvalue weighted by molar-refractivity contribution is 6.35. The lowest BCUT2D eigenvalue weighted by molar-refractivity contribution is -0.139. The van der Waals surface area contributed by atoms with Crippen molar-refractivity contribution in [2.24, 2.45) is 0 Å². The Bertz CT molecular complexity index is 1830. The second-order valence-electron chi connectivity index (χ2n) is 18.5. The molecule has 1 saturated heterocycles. The fraction of sp³-hybridized carbons (Fsp3) is 0.649. The van der Waals surface area contributed by atoms with Gasteiger partial charge in [0.2, 0.25) is 0 Å². The zero-order chi connectivity index (χ0) is 52.2. The molecule has 2 amide bonds. The van der Waals surface area contributed by atoms with Crippen LogP contribution in [0, 0.1) is 0 Å². The lowest BCUT2D eigenvalue weighted by Crippen LogP contribution is -2.47. The first-order chi connectivity index (χ1) is 36.5. The summed E-state index contributed by atoms with van der Waals surface area (Å²) in [5.74, 6) is -0.854. The Hall–Kier alpha value is -4.56. The number of aromatic hydroxyl groups is 1. The third-order valence-electron chi connectivity index (χ3n) is 12.3. The molecule has 17 nitrogen and oxygen atoms in total. The van der Waals surface area contributed by atoms with E-state index in [2.05, 4.69) is 45.4 Å². The molecular weight excluding hydrogens is 947 g/mol. The standard InChI is InChI=1S/C57H91N5O12/c1-2-3-4-5-6-7-8-9-10-11-12-13-14-18-29-66-30-31-67-32-33-68-34-35-69-36-37-70-38-39-71-40-41-72-42-43-73-44-45-74-53-24-21-50(22-25-53)58-55-46-52(63)23-26-54(55)60-61-57(65)56(64)59-51-27-28-62(48-51)47-49-19-16-15-17-20-49/h15-17,19-26,46,51,58,60,63H,2-14,18,27-45,47-48H2,1H3,(H,59,64)(H,61,65). The monoisotopic (exact) mass is 1040 g/mol. The third-order valence-corrected chi connectivity index (χ3v) is 12.3. The summed E-state index contributed by atoms with van der Waals surface area (Å²) in [5.41, 5.74) is 8.11. The van der Waals surface area contributed by atoms with Crippen LogP contribution >= 0.6 is 0 Å².